The van der Waals surface area contributed by atoms with E-state index in [0.29, 0.717) is 5.02 Å². The van der Waals surface area contributed by atoms with E-state index < -0.39 is 25.6 Å². The number of hydrogen-bond donors (Lipinski definition) is 0. The second kappa shape index (κ2) is 9.09. The van der Waals surface area contributed by atoms with Gasteiger partial charge in [-0.25, -0.2) is 14.1 Å². The molecule has 0 N–H and O–H groups in total. The van der Waals surface area contributed by atoms with Gasteiger partial charge in [0, 0.05) is 29.2 Å². The van der Waals surface area contributed by atoms with Crippen LogP contribution in [0.25, 0.3) is 0 Å². The van der Waals surface area contributed by atoms with Crippen molar-refractivity contribution >= 4 is 31.5 Å². The number of benzene rings is 1. The van der Waals surface area contributed by atoms with E-state index in [1.807, 2.05) is 22.9 Å². The van der Waals surface area contributed by atoms with Crippen LogP contribution in [0.1, 0.15) is 65.0 Å². The summed E-state index contributed by atoms with van der Waals surface area (Å²) in [5.41, 5.74) is 0.808. The van der Waals surface area contributed by atoms with Gasteiger partial charge in [0.1, 0.15) is 0 Å². The minimum absolute atomic E-state index is 0.0840. The lowest BCUT2D eigenvalue weighted by Crippen LogP contribution is -2.43. The number of carbonyl (C=O) groups is 1. The Kier molecular flexibility index (Phi) is 6.75. The Balaban J connectivity index is 1.87. The predicted molar refractivity (Wildman–Crippen MR) is 128 cm³/mol. The number of aliphatic imine (C=N–C) groups is 1. The first-order chi connectivity index (χ1) is 15.2. The third-order valence-electron chi connectivity index (χ3n) is 6.90. The first-order valence-corrected chi connectivity index (χ1v) is 13.5. The van der Waals surface area contributed by atoms with E-state index in [9.17, 15) is 4.79 Å². The van der Waals surface area contributed by atoms with Crippen LogP contribution in [-0.4, -0.2) is 63.6 Å². The number of methoxy groups -OCH3 is 1. The van der Waals surface area contributed by atoms with Crippen molar-refractivity contribution in [1.82, 2.24) is 14.0 Å². The monoisotopic (exact) mass is 480 g/mol. The Bertz CT molecular complexity index is 912. The number of ether oxygens (including phenoxy) is 1. The van der Waals surface area contributed by atoms with Crippen molar-refractivity contribution in [3.63, 3.8) is 0 Å². The molecule has 0 amide bonds. The van der Waals surface area contributed by atoms with Gasteiger partial charge in [0.05, 0.1) is 19.5 Å². The van der Waals surface area contributed by atoms with Crippen LogP contribution in [0, 0.1) is 0 Å². The Morgan fingerprint density at radius 3 is 2.22 bits per heavy atom. The van der Waals surface area contributed by atoms with Crippen LogP contribution in [0.3, 0.4) is 0 Å². The van der Waals surface area contributed by atoms with Gasteiger partial charge in [-0.3, -0.25) is 14.2 Å². The van der Waals surface area contributed by atoms with Crippen molar-refractivity contribution in [1.29, 1.82) is 0 Å². The van der Waals surface area contributed by atoms with Gasteiger partial charge in [0.2, 0.25) is 0 Å². The SMILES string of the molecule is COC(=O)[C@@H]1N=CN(P2(=O)N(C(C)C)[C@@H]3CCCC[C@H]3N2C(C)C)[C@H]1c1cccc(Cl)c1. The maximum absolute atomic E-state index is 15.4. The van der Waals surface area contributed by atoms with Crippen LogP contribution in [0.4, 0.5) is 0 Å². The van der Waals surface area contributed by atoms with Gasteiger partial charge in [-0.2, -0.15) is 0 Å². The predicted octanol–water partition coefficient (Wildman–Crippen LogP) is 5.12. The van der Waals surface area contributed by atoms with E-state index in [0.717, 1.165) is 31.2 Å². The molecule has 1 saturated heterocycles. The zero-order chi connectivity index (χ0) is 23.2. The molecule has 176 valence electrons. The largest absolute Gasteiger partial charge is 0.467 e. The number of hydrogen-bond acceptors (Lipinski definition) is 4. The molecule has 2 heterocycles. The first-order valence-electron chi connectivity index (χ1n) is 11.5. The van der Waals surface area contributed by atoms with E-state index >= 15 is 4.57 Å². The van der Waals surface area contributed by atoms with E-state index in [2.05, 4.69) is 42.0 Å². The second-order valence-corrected chi connectivity index (χ2v) is 12.3. The number of nitrogens with zero attached hydrogens (tertiary/aromatic N) is 4. The molecule has 9 heteroatoms. The fourth-order valence-electron chi connectivity index (χ4n) is 5.82. The summed E-state index contributed by atoms with van der Waals surface area (Å²) in [5.74, 6) is -0.441. The van der Waals surface area contributed by atoms with Gasteiger partial charge in [-0.15, -0.1) is 0 Å². The van der Waals surface area contributed by atoms with E-state index in [1.165, 1.54) is 7.11 Å². The molecule has 0 bridgehead atoms. The molecule has 4 atom stereocenters. The molecule has 3 aliphatic rings. The molecule has 1 aromatic carbocycles. The quantitative estimate of drug-likeness (QED) is 0.430. The highest BCUT2D eigenvalue weighted by Crippen LogP contribution is 2.69. The molecule has 2 fully saturated rings. The molecule has 32 heavy (non-hydrogen) atoms. The summed E-state index contributed by atoms with van der Waals surface area (Å²) in [6, 6.07) is 6.68. The summed E-state index contributed by atoms with van der Waals surface area (Å²) in [6.45, 7) is 8.45. The lowest BCUT2D eigenvalue weighted by molar-refractivity contribution is -0.142. The molecule has 1 aliphatic carbocycles. The highest BCUT2D eigenvalue weighted by Gasteiger charge is 2.62. The lowest BCUT2D eigenvalue weighted by atomic mass is 9.89. The van der Waals surface area contributed by atoms with Crippen molar-refractivity contribution < 1.29 is 14.1 Å². The molecule has 1 saturated carbocycles. The number of fused-ring (bicyclic) bond motifs is 1. The van der Waals surface area contributed by atoms with E-state index in [1.54, 1.807) is 12.4 Å². The van der Waals surface area contributed by atoms with Crippen LogP contribution in [0.15, 0.2) is 29.3 Å². The van der Waals surface area contributed by atoms with Crippen molar-refractivity contribution in [2.75, 3.05) is 7.11 Å². The van der Waals surface area contributed by atoms with Crippen molar-refractivity contribution in [2.45, 2.75) is 89.6 Å². The lowest BCUT2D eigenvalue weighted by Gasteiger charge is -2.43. The van der Waals surface area contributed by atoms with E-state index in [4.69, 9.17) is 16.3 Å². The summed E-state index contributed by atoms with van der Waals surface area (Å²) in [4.78, 5) is 17.2. The standard InChI is InChI=1S/C23H34ClN4O3P/c1-15(2)27-19-11-6-7-12-20(19)28(16(3)4)32(27,30)26-14-25-21(23(29)31-5)22(26)17-9-8-10-18(24)13-17/h8-10,13-16,19-22H,6-7,11-12H2,1-5H3/t19-,20-,21-,22+/m1/s1. The van der Waals surface area contributed by atoms with Crippen molar-refractivity contribution in [2.24, 2.45) is 4.99 Å². The van der Waals surface area contributed by atoms with Gasteiger partial charge in [-0.05, 0) is 58.2 Å². The fraction of sp³-hybridized carbons (Fsp3) is 0.652. The number of rotatable bonds is 5. The molecule has 4 rings (SSSR count). The molecular formula is C23H34ClN4O3P. The van der Waals surface area contributed by atoms with Gasteiger partial charge in [0.15, 0.2) is 6.04 Å². The smallest absolute Gasteiger partial charge is 0.333 e. The molecular weight excluding hydrogens is 447 g/mol. The van der Waals surface area contributed by atoms with Gasteiger partial charge >= 0.3 is 13.6 Å². The zero-order valence-electron chi connectivity index (χ0n) is 19.5. The summed E-state index contributed by atoms with van der Waals surface area (Å²) in [5, 5.41) is 0.567. The van der Waals surface area contributed by atoms with Crippen LogP contribution in [0.5, 0.6) is 0 Å². The molecule has 0 aromatic heterocycles. The Morgan fingerprint density at radius 1 is 1.12 bits per heavy atom. The number of halogens is 1. The molecule has 0 spiro atoms. The second-order valence-electron chi connectivity index (χ2n) is 9.49. The normalized spacial score (nSPS) is 30.3. The number of esters is 1. The maximum Gasteiger partial charge on any atom is 0.333 e. The molecule has 7 nitrogen and oxygen atoms in total. The van der Waals surface area contributed by atoms with Crippen LogP contribution < -0.4 is 0 Å². The number of carbonyl (C=O) groups excluding carboxylic acids is 1. The van der Waals surface area contributed by atoms with E-state index in [-0.39, 0.29) is 24.2 Å². The maximum atomic E-state index is 15.4. The zero-order valence-corrected chi connectivity index (χ0v) is 21.2. The highest BCUT2D eigenvalue weighted by molar-refractivity contribution is 7.57. The summed E-state index contributed by atoms with van der Waals surface area (Å²) in [7, 11) is -1.92. The van der Waals surface area contributed by atoms with Crippen LogP contribution >= 0.6 is 19.2 Å². The third kappa shape index (κ3) is 3.71. The van der Waals surface area contributed by atoms with Crippen LogP contribution in [0.2, 0.25) is 5.02 Å². The summed E-state index contributed by atoms with van der Waals surface area (Å²) < 4.78 is 26.7. The topological polar surface area (TPSA) is 65.5 Å². The third-order valence-corrected chi connectivity index (χ3v) is 10.8. The Morgan fingerprint density at radius 2 is 1.72 bits per heavy atom. The summed E-state index contributed by atoms with van der Waals surface area (Å²) in [6.07, 6.45) is 5.97. The Labute approximate surface area is 196 Å². The van der Waals surface area contributed by atoms with Gasteiger partial charge in [0.25, 0.3) is 0 Å². The fourth-order valence-corrected chi connectivity index (χ4v) is 10.0. The minimum atomic E-state index is -3.28. The molecule has 2 aliphatic heterocycles. The van der Waals surface area contributed by atoms with Crippen molar-refractivity contribution in [3.8, 4) is 0 Å². The highest BCUT2D eigenvalue weighted by atomic mass is 35.5. The first kappa shape index (κ1) is 23.7. The summed E-state index contributed by atoms with van der Waals surface area (Å²) >= 11 is 6.32. The molecule has 1 aromatic rings. The minimum Gasteiger partial charge on any atom is -0.467 e. The van der Waals surface area contributed by atoms with Crippen molar-refractivity contribution in [3.05, 3.63) is 34.9 Å². The Hall–Kier alpha value is -1.40. The molecule has 0 radical (unpaired) electrons. The average Bonchev–Trinajstić information content (AvgIpc) is 3.30. The average molecular weight is 481 g/mol. The van der Waals surface area contributed by atoms with Crippen LogP contribution in [-0.2, 0) is 14.1 Å². The van der Waals surface area contributed by atoms with Gasteiger partial charge in [-0.1, -0.05) is 36.6 Å². The molecule has 0 unspecified atom stereocenters. The van der Waals surface area contributed by atoms with Gasteiger partial charge < -0.3 is 4.74 Å².